The Balaban J connectivity index is 2.35. The second-order valence-electron chi connectivity index (χ2n) is 5.84. The highest BCUT2D eigenvalue weighted by Crippen LogP contribution is 2.17. The second kappa shape index (κ2) is 8.95. The SMILES string of the molecule is CC[C@H](C)[C@H](NCC(=O)NC1CCCCCC1)C(=O)O. The highest BCUT2D eigenvalue weighted by atomic mass is 16.4. The largest absolute Gasteiger partial charge is 0.480 e. The van der Waals surface area contributed by atoms with Crippen LogP contribution in [0.4, 0.5) is 0 Å². The Morgan fingerprint density at radius 3 is 2.30 bits per heavy atom. The monoisotopic (exact) mass is 284 g/mol. The predicted molar refractivity (Wildman–Crippen MR) is 78.5 cm³/mol. The summed E-state index contributed by atoms with van der Waals surface area (Å²) >= 11 is 0. The quantitative estimate of drug-likeness (QED) is 0.624. The van der Waals surface area contributed by atoms with Crippen LogP contribution in [0.1, 0.15) is 58.8 Å². The molecule has 0 heterocycles. The van der Waals surface area contributed by atoms with E-state index in [1.54, 1.807) is 0 Å². The molecule has 0 aromatic heterocycles. The Hall–Kier alpha value is -1.10. The highest BCUT2D eigenvalue weighted by Gasteiger charge is 2.24. The molecule has 1 amide bonds. The molecule has 0 radical (unpaired) electrons. The molecule has 0 aromatic carbocycles. The molecule has 0 saturated heterocycles. The van der Waals surface area contributed by atoms with Gasteiger partial charge in [-0.25, -0.2) is 0 Å². The number of hydrogen-bond acceptors (Lipinski definition) is 3. The van der Waals surface area contributed by atoms with Crippen LogP contribution in [0.3, 0.4) is 0 Å². The second-order valence-corrected chi connectivity index (χ2v) is 5.84. The molecule has 0 aliphatic heterocycles. The van der Waals surface area contributed by atoms with Crippen molar-refractivity contribution in [3.63, 3.8) is 0 Å². The van der Waals surface area contributed by atoms with Crippen LogP contribution in [0.2, 0.25) is 0 Å². The number of nitrogens with one attached hydrogen (secondary N) is 2. The van der Waals surface area contributed by atoms with Gasteiger partial charge in [-0.3, -0.25) is 14.9 Å². The zero-order valence-electron chi connectivity index (χ0n) is 12.7. The fourth-order valence-corrected chi connectivity index (χ4v) is 2.67. The molecule has 5 nitrogen and oxygen atoms in total. The van der Waals surface area contributed by atoms with E-state index in [1.165, 1.54) is 25.7 Å². The standard InChI is InChI=1S/C15H28N2O3/c1-3-11(2)14(15(19)20)16-10-13(18)17-12-8-6-4-5-7-9-12/h11-12,14,16H,3-10H2,1-2H3,(H,17,18)(H,19,20)/t11-,14-/m0/s1. The zero-order chi connectivity index (χ0) is 15.0. The lowest BCUT2D eigenvalue weighted by atomic mass is 9.99. The van der Waals surface area contributed by atoms with Crippen molar-refractivity contribution in [2.24, 2.45) is 5.92 Å². The molecule has 2 atom stereocenters. The number of carboxylic acid groups (broad SMARTS) is 1. The van der Waals surface area contributed by atoms with Crippen LogP contribution in [-0.4, -0.2) is 35.6 Å². The number of aliphatic carboxylic acids is 1. The maximum Gasteiger partial charge on any atom is 0.320 e. The molecule has 1 aliphatic carbocycles. The van der Waals surface area contributed by atoms with Crippen LogP contribution in [0.5, 0.6) is 0 Å². The molecule has 0 aromatic rings. The summed E-state index contributed by atoms with van der Waals surface area (Å²) in [7, 11) is 0. The fourth-order valence-electron chi connectivity index (χ4n) is 2.67. The maximum atomic E-state index is 11.9. The van der Waals surface area contributed by atoms with E-state index in [1.807, 2.05) is 13.8 Å². The van der Waals surface area contributed by atoms with Crippen molar-refractivity contribution in [3.8, 4) is 0 Å². The summed E-state index contributed by atoms with van der Waals surface area (Å²) in [4.78, 5) is 23.0. The van der Waals surface area contributed by atoms with Crippen molar-refractivity contribution >= 4 is 11.9 Å². The molecule has 1 rings (SSSR count). The minimum Gasteiger partial charge on any atom is -0.480 e. The lowest BCUT2D eigenvalue weighted by Crippen LogP contribution is -2.48. The van der Waals surface area contributed by atoms with Crippen LogP contribution in [0.25, 0.3) is 0 Å². The maximum absolute atomic E-state index is 11.9. The molecule has 0 unspecified atom stereocenters. The number of amides is 1. The van der Waals surface area contributed by atoms with Gasteiger partial charge in [-0.1, -0.05) is 46.0 Å². The molecule has 0 bridgehead atoms. The fraction of sp³-hybridized carbons (Fsp3) is 0.867. The van der Waals surface area contributed by atoms with Gasteiger partial charge < -0.3 is 10.4 Å². The Morgan fingerprint density at radius 1 is 1.20 bits per heavy atom. The van der Waals surface area contributed by atoms with Gasteiger partial charge in [0.1, 0.15) is 6.04 Å². The number of carbonyl (C=O) groups excluding carboxylic acids is 1. The molecule has 0 spiro atoms. The van der Waals surface area contributed by atoms with E-state index >= 15 is 0 Å². The Morgan fingerprint density at radius 2 is 1.80 bits per heavy atom. The van der Waals surface area contributed by atoms with E-state index in [0.29, 0.717) is 0 Å². The number of carbonyl (C=O) groups is 2. The van der Waals surface area contributed by atoms with Crippen LogP contribution in [-0.2, 0) is 9.59 Å². The van der Waals surface area contributed by atoms with Crippen LogP contribution in [0.15, 0.2) is 0 Å². The Bertz CT molecular complexity index is 312. The topological polar surface area (TPSA) is 78.4 Å². The summed E-state index contributed by atoms with van der Waals surface area (Å²) in [6.07, 6.45) is 7.69. The van der Waals surface area contributed by atoms with Crippen molar-refractivity contribution < 1.29 is 14.7 Å². The number of rotatable bonds is 7. The van der Waals surface area contributed by atoms with Gasteiger partial charge in [0.15, 0.2) is 0 Å². The molecule has 1 fully saturated rings. The van der Waals surface area contributed by atoms with E-state index in [-0.39, 0.29) is 24.4 Å². The van der Waals surface area contributed by atoms with Crippen LogP contribution >= 0.6 is 0 Å². The first-order valence-electron chi connectivity index (χ1n) is 7.80. The van der Waals surface area contributed by atoms with Crippen molar-refractivity contribution in [2.45, 2.75) is 70.9 Å². The molecule has 1 saturated carbocycles. The third kappa shape index (κ3) is 5.90. The molecule has 116 valence electrons. The Kier molecular flexibility index (Phi) is 7.59. The molecular formula is C15H28N2O3. The van der Waals surface area contributed by atoms with Crippen molar-refractivity contribution in [3.05, 3.63) is 0 Å². The van der Waals surface area contributed by atoms with E-state index < -0.39 is 12.0 Å². The third-order valence-electron chi connectivity index (χ3n) is 4.18. The van der Waals surface area contributed by atoms with Gasteiger partial charge >= 0.3 is 5.97 Å². The normalized spacial score (nSPS) is 19.9. The molecule has 20 heavy (non-hydrogen) atoms. The minimum atomic E-state index is -0.887. The molecular weight excluding hydrogens is 256 g/mol. The zero-order valence-corrected chi connectivity index (χ0v) is 12.7. The summed E-state index contributed by atoms with van der Waals surface area (Å²) in [5.74, 6) is -0.966. The summed E-state index contributed by atoms with van der Waals surface area (Å²) in [6, 6.07) is -0.390. The summed E-state index contributed by atoms with van der Waals surface area (Å²) in [5, 5.41) is 15.0. The lowest BCUT2D eigenvalue weighted by Gasteiger charge is -2.21. The third-order valence-corrected chi connectivity index (χ3v) is 4.18. The summed E-state index contributed by atoms with van der Waals surface area (Å²) in [6.45, 7) is 3.92. The van der Waals surface area contributed by atoms with Gasteiger partial charge in [0, 0.05) is 6.04 Å². The first kappa shape index (κ1) is 17.0. The van der Waals surface area contributed by atoms with E-state index in [2.05, 4.69) is 10.6 Å². The number of hydrogen-bond donors (Lipinski definition) is 3. The van der Waals surface area contributed by atoms with Gasteiger partial charge in [-0.2, -0.15) is 0 Å². The van der Waals surface area contributed by atoms with Crippen molar-refractivity contribution in [1.82, 2.24) is 10.6 Å². The van der Waals surface area contributed by atoms with Crippen LogP contribution < -0.4 is 10.6 Å². The first-order valence-corrected chi connectivity index (χ1v) is 7.80. The smallest absolute Gasteiger partial charge is 0.320 e. The Labute approximate surface area is 121 Å². The van der Waals surface area contributed by atoms with Gasteiger partial charge in [-0.15, -0.1) is 0 Å². The van der Waals surface area contributed by atoms with Crippen molar-refractivity contribution in [2.75, 3.05) is 6.54 Å². The van der Waals surface area contributed by atoms with E-state index in [9.17, 15) is 9.59 Å². The van der Waals surface area contributed by atoms with Gasteiger partial charge in [0.2, 0.25) is 5.91 Å². The van der Waals surface area contributed by atoms with E-state index in [0.717, 1.165) is 19.3 Å². The van der Waals surface area contributed by atoms with Crippen LogP contribution in [0, 0.1) is 5.92 Å². The molecule has 1 aliphatic rings. The summed E-state index contributed by atoms with van der Waals surface area (Å²) < 4.78 is 0. The average molecular weight is 284 g/mol. The van der Waals surface area contributed by atoms with Gasteiger partial charge in [-0.05, 0) is 18.8 Å². The predicted octanol–water partition coefficient (Wildman–Crippen LogP) is 1.91. The average Bonchev–Trinajstić information content (AvgIpc) is 2.66. The van der Waals surface area contributed by atoms with Crippen molar-refractivity contribution in [1.29, 1.82) is 0 Å². The summed E-state index contributed by atoms with van der Waals surface area (Å²) in [5.41, 5.74) is 0. The highest BCUT2D eigenvalue weighted by molar-refractivity contribution is 5.80. The molecule has 3 N–H and O–H groups in total. The molecule has 5 heteroatoms. The first-order chi connectivity index (χ1) is 9.54. The van der Waals surface area contributed by atoms with Gasteiger partial charge in [0.25, 0.3) is 0 Å². The lowest BCUT2D eigenvalue weighted by molar-refractivity contribution is -0.141. The minimum absolute atomic E-state index is 0.0122. The van der Waals surface area contributed by atoms with E-state index in [4.69, 9.17) is 5.11 Å². The van der Waals surface area contributed by atoms with Gasteiger partial charge in [0.05, 0.1) is 6.54 Å². The number of carboxylic acids is 1.